The van der Waals surface area contributed by atoms with E-state index in [0.717, 1.165) is 51.4 Å². The lowest BCUT2D eigenvalue weighted by Crippen LogP contribution is -2.45. The van der Waals surface area contributed by atoms with Gasteiger partial charge in [0.15, 0.2) is 0 Å². The number of aliphatic hydroxyl groups excluding tert-OH is 2. The molecule has 83 heavy (non-hydrogen) atoms. The normalized spacial score (nSPS) is 12.8. The molecular formula is C77H145NO5. The van der Waals surface area contributed by atoms with E-state index in [1.54, 1.807) is 6.08 Å². The molecule has 0 aromatic heterocycles. The van der Waals surface area contributed by atoms with Crippen molar-refractivity contribution in [1.82, 2.24) is 5.32 Å². The lowest BCUT2D eigenvalue weighted by atomic mass is 10.0. The molecule has 1 amide bonds. The third-order valence-corrected chi connectivity index (χ3v) is 17.3. The Labute approximate surface area is 518 Å². The second-order valence-electron chi connectivity index (χ2n) is 25.6. The van der Waals surface area contributed by atoms with Gasteiger partial charge in [-0.05, 0) is 83.5 Å². The third kappa shape index (κ3) is 68.8. The molecule has 2 atom stereocenters. The van der Waals surface area contributed by atoms with Crippen molar-refractivity contribution in [3.63, 3.8) is 0 Å². The van der Waals surface area contributed by atoms with Crippen molar-refractivity contribution >= 4 is 11.9 Å². The Hall–Kier alpha value is -2.18. The molecule has 0 heterocycles. The number of nitrogens with one attached hydrogen (secondary N) is 1. The van der Waals surface area contributed by atoms with Crippen LogP contribution in [-0.2, 0) is 14.3 Å². The van der Waals surface area contributed by atoms with Crippen molar-refractivity contribution in [2.75, 3.05) is 13.2 Å². The summed E-state index contributed by atoms with van der Waals surface area (Å²) >= 11 is 0. The summed E-state index contributed by atoms with van der Waals surface area (Å²) in [5, 5.41) is 23.3. The zero-order valence-corrected chi connectivity index (χ0v) is 55.9. The topological polar surface area (TPSA) is 95.9 Å². The quantitative estimate of drug-likeness (QED) is 0.0320. The summed E-state index contributed by atoms with van der Waals surface area (Å²) < 4.78 is 5.48. The van der Waals surface area contributed by atoms with Crippen molar-refractivity contribution < 1.29 is 24.5 Å². The zero-order valence-electron chi connectivity index (χ0n) is 55.9. The van der Waals surface area contributed by atoms with Crippen LogP contribution in [0.3, 0.4) is 0 Å². The molecule has 0 spiro atoms. The van der Waals surface area contributed by atoms with Crippen LogP contribution in [0.2, 0.25) is 0 Å². The summed E-state index contributed by atoms with van der Waals surface area (Å²) in [6.45, 7) is 4.87. The molecule has 0 aliphatic heterocycles. The van der Waals surface area contributed by atoms with E-state index in [0.29, 0.717) is 19.4 Å². The molecule has 0 radical (unpaired) electrons. The highest BCUT2D eigenvalue weighted by Crippen LogP contribution is 2.19. The minimum Gasteiger partial charge on any atom is -0.466 e. The summed E-state index contributed by atoms with van der Waals surface area (Å²) in [5.41, 5.74) is 0. The fourth-order valence-electron chi connectivity index (χ4n) is 11.6. The maximum Gasteiger partial charge on any atom is 0.305 e. The maximum atomic E-state index is 12.5. The van der Waals surface area contributed by atoms with Crippen molar-refractivity contribution in [2.24, 2.45) is 0 Å². The first-order valence-corrected chi connectivity index (χ1v) is 37.4. The van der Waals surface area contributed by atoms with Gasteiger partial charge >= 0.3 is 5.97 Å². The Morgan fingerprint density at radius 3 is 0.976 bits per heavy atom. The van der Waals surface area contributed by atoms with E-state index in [9.17, 15) is 19.8 Å². The molecular weight excluding hydrogens is 1020 g/mol. The third-order valence-electron chi connectivity index (χ3n) is 17.3. The Kier molecular flexibility index (Phi) is 70.4. The predicted molar refractivity (Wildman–Crippen MR) is 366 cm³/mol. The summed E-state index contributed by atoms with van der Waals surface area (Å²) in [4.78, 5) is 24.6. The Morgan fingerprint density at radius 1 is 0.337 bits per heavy atom. The van der Waals surface area contributed by atoms with E-state index in [1.807, 2.05) is 6.08 Å². The van der Waals surface area contributed by atoms with Crippen LogP contribution in [0.1, 0.15) is 406 Å². The fraction of sp³-hybridized carbons (Fsp3) is 0.870. The molecule has 0 aliphatic carbocycles. The van der Waals surface area contributed by atoms with Crippen LogP contribution in [0.5, 0.6) is 0 Å². The van der Waals surface area contributed by atoms with Gasteiger partial charge in [0.05, 0.1) is 25.4 Å². The average Bonchev–Trinajstić information content (AvgIpc) is 3.49. The van der Waals surface area contributed by atoms with E-state index in [1.165, 1.54) is 327 Å². The molecule has 6 nitrogen and oxygen atoms in total. The van der Waals surface area contributed by atoms with Gasteiger partial charge in [-0.25, -0.2) is 0 Å². The van der Waals surface area contributed by atoms with Gasteiger partial charge in [-0.3, -0.25) is 9.59 Å². The first-order valence-electron chi connectivity index (χ1n) is 37.4. The molecule has 0 saturated carbocycles. The number of carbonyl (C=O) groups excluding carboxylic acids is 2. The number of rotatable bonds is 70. The van der Waals surface area contributed by atoms with Crippen molar-refractivity contribution in [3.8, 4) is 0 Å². The van der Waals surface area contributed by atoms with Gasteiger partial charge in [0.2, 0.25) is 5.91 Å². The minimum atomic E-state index is -0.844. The molecule has 3 N–H and O–H groups in total. The number of amides is 1. The van der Waals surface area contributed by atoms with Gasteiger partial charge in [0.1, 0.15) is 0 Å². The molecule has 488 valence electrons. The Bertz CT molecular complexity index is 1390. The molecule has 0 saturated heterocycles. The first-order chi connectivity index (χ1) is 41.0. The highest BCUT2D eigenvalue weighted by atomic mass is 16.5. The van der Waals surface area contributed by atoms with Crippen LogP contribution in [-0.4, -0.2) is 47.4 Å². The van der Waals surface area contributed by atoms with E-state index in [-0.39, 0.29) is 18.5 Å². The second-order valence-corrected chi connectivity index (χ2v) is 25.6. The molecule has 0 aromatic carbocycles. The van der Waals surface area contributed by atoms with E-state index >= 15 is 0 Å². The standard InChI is InChI=1S/C77H145NO5/c1-3-5-7-9-11-13-15-17-18-19-20-36-39-42-46-49-53-57-61-65-69-75(80)74(73-79)78-76(81)70-66-62-58-54-50-47-43-40-37-34-32-30-28-26-24-22-21-23-25-27-29-31-33-35-38-41-44-48-52-56-60-64-68-72-83-77(82)71-67-63-59-55-51-45-16-14-12-10-8-6-4-2/h8,10,14,16,25,27,65,69,74-75,79-80H,3-7,9,11-13,15,17-24,26,28-64,66-68,70-73H2,1-2H3,(H,78,81)/b10-8-,16-14-,27-25-,69-65+. The number of ether oxygens (including phenoxy) is 1. The van der Waals surface area contributed by atoms with Gasteiger partial charge < -0.3 is 20.3 Å². The van der Waals surface area contributed by atoms with E-state index in [4.69, 9.17) is 4.74 Å². The van der Waals surface area contributed by atoms with Crippen LogP contribution in [0.25, 0.3) is 0 Å². The minimum absolute atomic E-state index is 0.00319. The van der Waals surface area contributed by atoms with Crippen LogP contribution in [0, 0.1) is 0 Å². The van der Waals surface area contributed by atoms with Crippen LogP contribution < -0.4 is 5.32 Å². The summed E-state index contributed by atoms with van der Waals surface area (Å²) in [7, 11) is 0. The van der Waals surface area contributed by atoms with E-state index in [2.05, 4.69) is 55.6 Å². The lowest BCUT2D eigenvalue weighted by molar-refractivity contribution is -0.143. The molecule has 6 heteroatoms. The smallest absolute Gasteiger partial charge is 0.305 e. The molecule has 0 fully saturated rings. The molecule has 0 aliphatic rings. The van der Waals surface area contributed by atoms with Gasteiger partial charge in [0, 0.05) is 12.8 Å². The van der Waals surface area contributed by atoms with Gasteiger partial charge in [-0.2, -0.15) is 0 Å². The summed E-state index contributed by atoms with van der Waals surface area (Å²) in [5.74, 6) is -0.0581. The average molecular weight is 1170 g/mol. The second kappa shape index (κ2) is 72.3. The van der Waals surface area contributed by atoms with E-state index < -0.39 is 12.1 Å². The Morgan fingerprint density at radius 2 is 0.627 bits per heavy atom. The summed E-state index contributed by atoms with van der Waals surface area (Å²) in [6.07, 6.45) is 95.0. The first kappa shape index (κ1) is 80.8. The molecule has 2 unspecified atom stereocenters. The van der Waals surface area contributed by atoms with Gasteiger partial charge in [0.25, 0.3) is 0 Å². The highest BCUT2D eigenvalue weighted by molar-refractivity contribution is 5.76. The number of esters is 1. The fourth-order valence-corrected chi connectivity index (χ4v) is 11.6. The number of carbonyl (C=O) groups is 2. The number of hydrogen-bond donors (Lipinski definition) is 3. The lowest BCUT2D eigenvalue weighted by Gasteiger charge is -2.20. The zero-order chi connectivity index (χ0) is 59.9. The molecule has 0 bridgehead atoms. The van der Waals surface area contributed by atoms with Crippen LogP contribution >= 0.6 is 0 Å². The van der Waals surface area contributed by atoms with Crippen LogP contribution in [0.4, 0.5) is 0 Å². The molecule has 0 rings (SSSR count). The highest BCUT2D eigenvalue weighted by Gasteiger charge is 2.18. The summed E-state index contributed by atoms with van der Waals surface area (Å²) in [6, 6.07) is -0.627. The van der Waals surface area contributed by atoms with Crippen molar-refractivity contribution in [3.05, 3.63) is 48.6 Å². The number of unbranched alkanes of at least 4 members (excludes halogenated alkanes) is 53. The van der Waals surface area contributed by atoms with Crippen molar-refractivity contribution in [2.45, 2.75) is 418 Å². The number of allylic oxidation sites excluding steroid dienone is 7. The van der Waals surface area contributed by atoms with Crippen molar-refractivity contribution in [1.29, 1.82) is 0 Å². The molecule has 0 aromatic rings. The van der Waals surface area contributed by atoms with Gasteiger partial charge in [-0.15, -0.1) is 0 Å². The predicted octanol–water partition coefficient (Wildman–Crippen LogP) is 24.4. The van der Waals surface area contributed by atoms with Crippen LogP contribution in [0.15, 0.2) is 48.6 Å². The van der Waals surface area contributed by atoms with Gasteiger partial charge in [-0.1, -0.05) is 358 Å². The largest absolute Gasteiger partial charge is 0.466 e. The number of aliphatic hydroxyl groups is 2. The Balaban J connectivity index is 3.38. The SMILES string of the molecule is CCC/C=C\C/C=C\CCCCCCCC(=O)OCCCCCCCCCCCCCC/C=C\CCCCCCCCCCCCCCCCCCCC(=O)NC(CO)C(O)/C=C/CCCCCCCCCCCCCCCCCCCC. The number of hydrogen-bond acceptors (Lipinski definition) is 5. The maximum absolute atomic E-state index is 12.5. The monoisotopic (exact) mass is 1160 g/mol.